The van der Waals surface area contributed by atoms with Crippen LogP contribution in [0.2, 0.25) is 10.0 Å². The summed E-state index contributed by atoms with van der Waals surface area (Å²) in [5, 5.41) is 4.33. The molecule has 1 rings (SSSR count). The minimum atomic E-state index is 0.595. The van der Waals surface area contributed by atoms with Crippen molar-refractivity contribution in [1.82, 2.24) is 0 Å². The summed E-state index contributed by atoms with van der Waals surface area (Å²) in [7, 11) is 0. The van der Waals surface area contributed by atoms with Crippen molar-refractivity contribution >= 4 is 28.9 Å². The van der Waals surface area contributed by atoms with E-state index in [1.165, 1.54) is 0 Å². The monoisotopic (exact) mass is 213 g/mol. The van der Waals surface area contributed by atoms with Gasteiger partial charge in [0, 0.05) is 5.02 Å². The third-order valence-electron chi connectivity index (χ3n) is 1.48. The first-order valence-electron chi connectivity index (χ1n) is 3.82. The van der Waals surface area contributed by atoms with Gasteiger partial charge in [-0.3, -0.25) is 0 Å². The summed E-state index contributed by atoms with van der Waals surface area (Å²) < 4.78 is 0. The van der Waals surface area contributed by atoms with E-state index >= 15 is 0 Å². The first kappa shape index (κ1) is 10.2. The van der Waals surface area contributed by atoms with Crippen LogP contribution < -0.4 is 5.32 Å². The third kappa shape index (κ3) is 3.18. The molecule has 1 nitrogen and oxygen atoms in total. The number of hydrogen-bond donors (Lipinski definition) is 1. The lowest BCUT2D eigenvalue weighted by molar-refractivity contribution is 1.38. The molecule has 0 amide bonds. The molecule has 0 aliphatic heterocycles. The van der Waals surface area contributed by atoms with Gasteiger partial charge in [-0.05, 0) is 25.1 Å². The smallest absolute Gasteiger partial charge is 0.0766 e. The number of hydrogen-bond acceptors (Lipinski definition) is 1. The number of benzene rings is 1. The molecular formula is C10H9Cl2N. The van der Waals surface area contributed by atoms with Gasteiger partial charge >= 0.3 is 0 Å². The van der Waals surface area contributed by atoms with Crippen molar-refractivity contribution in [3.63, 3.8) is 0 Å². The molecule has 0 unspecified atom stereocenters. The van der Waals surface area contributed by atoms with Crippen molar-refractivity contribution in [2.45, 2.75) is 6.92 Å². The molecule has 0 saturated heterocycles. The van der Waals surface area contributed by atoms with E-state index in [0.29, 0.717) is 16.6 Å². The Labute approximate surface area is 88.0 Å². The van der Waals surface area contributed by atoms with Crippen LogP contribution in [0.5, 0.6) is 0 Å². The van der Waals surface area contributed by atoms with Crippen LogP contribution in [0.25, 0.3) is 0 Å². The molecule has 1 aromatic carbocycles. The highest BCUT2D eigenvalue weighted by atomic mass is 35.5. The van der Waals surface area contributed by atoms with E-state index in [4.69, 9.17) is 23.2 Å². The van der Waals surface area contributed by atoms with Crippen molar-refractivity contribution in [3.05, 3.63) is 28.2 Å². The van der Waals surface area contributed by atoms with Gasteiger partial charge in [0.05, 0.1) is 17.3 Å². The lowest BCUT2D eigenvalue weighted by Crippen LogP contribution is -1.98. The van der Waals surface area contributed by atoms with Crippen LogP contribution in [0.15, 0.2) is 18.2 Å². The van der Waals surface area contributed by atoms with Gasteiger partial charge in [-0.2, -0.15) is 0 Å². The second kappa shape index (κ2) is 5.01. The lowest BCUT2D eigenvalue weighted by atomic mass is 10.3. The van der Waals surface area contributed by atoms with Crippen molar-refractivity contribution in [2.24, 2.45) is 0 Å². The summed E-state index contributed by atoms with van der Waals surface area (Å²) in [6.07, 6.45) is 0. The number of rotatable bonds is 2. The largest absolute Gasteiger partial charge is 0.373 e. The fraction of sp³-hybridized carbons (Fsp3) is 0.200. The van der Waals surface area contributed by atoms with Gasteiger partial charge < -0.3 is 5.32 Å². The van der Waals surface area contributed by atoms with Gasteiger partial charge in [0.2, 0.25) is 0 Å². The molecule has 0 bridgehead atoms. The highest BCUT2D eigenvalue weighted by Gasteiger charge is 1.98. The van der Waals surface area contributed by atoms with Crippen LogP contribution in [0.3, 0.4) is 0 Å². The van der Waals surface area contributed by atoms with Gasteiger partial charge in [-0.15, -0.1) is 5.92 Å². The van der Waals surface area contributed by atoms with Gasteiger partial charge in [0.1, 0.15) is 0 Å². The van der Waals surface area contributed by atoms with E-state index in [0.717, 1.165) is 5.69 Å². The topological polar surface area (TPSA) is 12.0 Å². The molecular weight excluding hydrogens is 205 g/mol. The quantitative estimate of drug-likeness (QED) is 0.743. The maximum absolute atomic E-state index is 5.91. The molecule has 1 N–H and O–H groups in total. The minimum absolute atomic E-state index is 0.595. The fourth-order valence-corrected chi connectivity index (χ4v) is 1.34. The first-order valence-corrected chi connectivity index (χ1v) is 4.58. The Bertz CT molecular complexity index is 350. The molecule has 3 heteroatoms. The SMILES string of the molecule is CC#CCNc1ccc(Cl)cc1Cl. The molecule has 13 heavy (non-hydrogen) atoms. The van der Waals surface area contributed by atoms with Crippen LogP contribution in [-0.4, -0.2) is 6.54 Å². The van der Waals surface area contributed by atoms with Crippen LogP contribution in [-0.2, 0) is 0 Å². The standard InChI is InChI=1S/C10H9Cl2N/c1-2-3-6-13-10-5-4-8(11)7-9(10)12/h4-5,7,13H,6H2,1H3. The summed E-state index contributed by atoms with van der Waals surface area (Å²) in [5.41, 5.74) is 0.855. The molecule has 0 fully saturated rings. The predicted molar refractivity (Wildman–Crippen MR) is 58.4 cm³/mol. The highest BCUT2D eigenvalue weighted by molar-refractivity contribution is 6.36. The average Bonchev–Trinajstić information content (AvgIpc) is 2.09. The minimum Gasteiger partial charge on any atom is -0.373 e. The molecule has 68 valence electrons. The van der Waals surface area contributed by atoms with Crippen molar-refractivity contribution < 1.29 is 0 Å². The average molecular weight is 214 g/mol. The third-order valence-corrected chi connectivity index (χ3v) is 2.02. The number of halogens is 2. The Morgan fingerprint density at radius 2 is 2.15 bits per heavy atom. The first-order chi connectivity index (χ1) is 6.24. The summed E-state index contributed by atoms with van der Waals surface area (Å²) in [4.78, 5) is 0. The van der Waals surface area contributed by atoms with Crippen molar-refractivity contribution in [1.29, 1.82) is 0 Å². The van der Waals surface area contributed by atoms with Crippen LogP contribution in [0, 0.1) is 11.8 Å². The van der Waals surface area contributed by atoms with E-state index in [2.05, 4.69) is 17.2 Å². The summed E-state index contributed by atoms with van der Waals surface area (Å²) in [6.45, 7) is 2.39. The maximum Gasteiger partial charge on any atom is 0.0766 e. The van der Waals surface area contributed by atoms with Crippen molar-refractivity contribution in [3.8, 4) is 11.8 Å². The summed E-state index contributed by atoms with van der Waals surface area (Å²) >= 11 is 11.7. The van der Waals surface area contributed by atoms with Crippen LogP contribution in [0.1, 0.15) is 6.92 Å². The Hall–Kier alpha value is -0.840. The normalized spacial score (nSPS) is 8.85. The molecule has 0 aromatic heterocycles. The van der Waals surface area contributed by atoms with E-state index in [1.54, 1.807) is 19.1 Å². The molecule has 1 aromatic rings. The predicted octanol–water partition coefficient (Wildman–Crippen LogP) is 3.43. The molecule has 0 spiro atoms. The Morgan fingerprint density at radius 1 is 1.38 bits per heavy atom. The second-order valence-electron chi connectivity index (χ2n) is 2.40. The summed E-state index contributed by atoms with van der Waals surface area (Å²) in [6, 6.07) is 5.32. The fourth-order valence-electron chi connectivity index (χ4n) is 0.861. The number of nitrogens with one attached hydrogen (secondary N) is 1. The van der Waals surface area contributed by atoms with Crippen molar-refractivity contribution in [2.75, 3.05) is 11.9 Å². The molecule has 0 saturated carbocycles. The zero-order chi connectivity index (χ0) is 9.68. The second-order valence-corrected chi connectivity index (χ2v) is 3.25. The van der Waals surface area contributed by atoms with Gasteiger partial charge in [-0.25, -0.2) is 0 Å². The van der Waals surface area contributed by atoms with Gasteiger partial charge in [-0.1, -0.05) is 29.1 Å². The Kier molecular flexibility index (Phi) is 3.95. The molecule has 0 heterocycles. The molecule has 0 atom stereocenters. The van der Waals surface area contributed by atoms with E-state index in [9.17, 15) is 0 Å². The van der Waals surface area contributed by atoms with E-state index in [1.807, 2.05) is 6.07 Å². The zero-order valence-electron chi connectivity index (χ0n) is 7.20. The van der Waals surface area contributed by atoms with E-state index < -0.39 is 0 Å². The van der Waals surface area contributed by atoms with Crippen LogP contribution >= 0.6 is 23.2 Å². The number of anilines is 1. The van der Waals surface area contributed by atoms with Gasteiger partial charge in [0.25, 0.3) is 0 Å². The molecule has 0 radical (unpaired) electrons. The molecule has 0 aliphatic rings. The zero-order valence-corrected chi connectivity index (χ0v) is 8.71. The van der Waals surface area contributed by atoms with E-state index in [-0.39, 0.29) is 0 Å². The maximum atomic E-state index is 5.91. The Morgan fingerprint density at radius 3 is 2.77 bits per heavy atom. The molecule has 0 aliphatic carbocycles. The van der Waals surface area contributed by atoms with Gasteiger partial charge in [0.15, 0.2) is 0 Å². The summed E-state index contributed by atoms with van der Waals surface area (Å²) in [5.74, 6) is 5.67. The Balaban J connectivity index is 2.70. The lowest BCUT2D eigenvalue weighted by Gasteiger charge is -2.04. The van der Waals surface area contributed by atoms with Crippen LogP contribution in [0.4, 0.5) is 5.69 Å². The highest BCUT2D eigenvalue weighted by Crippen LogP contribution is 2.24.